The zero-order valence-corrected chi connectivity index (χ0v) is 19.0. The number of esters is 1. The van der Waals surface area contributed by atoms with Crippen molar-refractivity contribution in [3.63, 3.8) is 0 Å². The number of benzene rings is 1. The molecular formula is C21H27F3N2O6S. The van der Waals surface area contributed by atoms with Gasteiger partial charge in [-0.15, -0.1) is 13.2 Å². The van der Waals surface area contributed by atoms with Crippen LogP contribution >= 0.6 is 0 Å². The fourth-order valence-corrected chi connectivity index (χ4v) is 5.72. The summed E-state index contributed by atoms with van der Waals surface area (Å²) in [4.78, 5) is 26.3. The molecule has 8 nitrogen and oxygen atoms in total. The van der Waals surface area contributed by atoms with Gasteiger partial charge in [0.25, 0.3) is 0 Å². The lowest BCUT2D eigenvalue weighted by Crippen LogP contribution is -2.48. The quantitative estimate of drug-likeness (QED) is 0.567. The molecule has 1 atom stereocenters. The Labute approximate surface area is 190 Å². The Kier molecular flexibility index (Phi) is 7.88. The summed E-state index contributed by atoms with van der Waals surface area (Å²) in [6.45, 7) is 2.98. The smallest absolute Gasteiger partial charge is 0.466 e. The number of rotatable bonds is 6. The molecule has 1 aromatic rings. The summed E-state index contributed by atoms with van der Waals surface area (Å²) in [5.74, 6) is -1.77. The van der Waals surface area contributed by atoms with Crippen molar-refractivity contribution >= 4 is 21.9 Å². The first kappa shape index (κ1) is 25.3. The van der Waals surface area contributed by atoms with E-state index in [1.165, 1.54) is 16.4 Å². The second kappa shape index (κ2) is 10.3. The van der Waals surface area contributed by atoms with E-state index >= 15 is 0 Å². The number of hydrogen-bond acceptors (Lipinski definition) is 6. The summed E-state index contributed by atoms with van der Waals surface area (Å²) >= 11 is 0. The van der Waals surface area contributed by atoms with E-state index < -0.39 is 22.1 Å². The van der Waals surface area contributed by atoms with Crippen LogP contribution in [-0.2, 0) is 24.3 Å². The van der Waals surface area contributed by atoms with Gasteiger partial charge in [-0.1, -0.05) is 6.07 Å². The number of nitrogens with zero attached hydrogens (tertiary/aromatic N) is 2. The number of likely N-dealkylation sites (tertiary alicyclic amines) is 1. The Bertz CT molecular complexity index is 961. The second-order valence-corrected chi connectivity index (χ2v) is 10.0. The van der Waals surface area contributed by atoms with Gasteiger partial charge in [-0.2, -0.15) is 4.31 Å². The largest absolute Gasteiger partial charge is 0.573 e. The lowest BCUT2D eigenvalue weighted by molar-refractivity contribution is -0.274. The van der Waals surface area contributed by atoms with Gasteiger partial charge in [0.1, 0.15) is 5.75 Å². The van der Waals surface area contributed by atoms with Crippen LogP contribution in [0.5, 0.6) is 5.75 Å². The van der Waals surface area contributed by atoms with E-state index in [0.29, 0.717) is 25.9 Å². The van der Waals surface area contributed by atoms with Gasteiger partial charge in [0, 0.05) is 38.2 Å². The van der Waals surface area contributed by atoms with E-state index in [-0.39, 0.29) is 61.1 Å². The van der Waals surface area contributed by atoms with E-state index in [1.807, 2.05) is 0 Å². The number of amides is 1. The SMILES string of the molecule is CCOC(=O)C1CCCN(C(=O)C2CCN(S(=O)(=O)c3cccc(OC(F)(F)F)c3)CC2)C1. The van der Waals surface area contributed by atoms with Crippen molar-refractivity contribution in [2.24, 2.45) is 11.8 Å². The maximum atomic E-state index is 13.0. The fraction of sp³-hybridized carbons (Fsp3) is 0.619. The molecule has 1 amide bonds. The molecule has 184 valence electrons. The number of carbonyl (C=O) groups is 2. The van der Waals surface area contributed by atoms with Crippen molar-refractivity contribution in [3.05, 3.63) is 24.3 Å². The standard InChI is InChI=1S/C21H27F3N2O6S/c1-2-31-20(28)16-5-4-10-25(14-16)19(27)15-8-11-26(12-9-15)33(29,30)18-7-3-6-17(13-18)32-21(22,23)24/h3,6-7,13,15-16H,2,4-5,8-12,14H2,1H3. The number of hydrogen-bond donors (Lipinski definition) is 0. The van der Waals surface area contributed by atoms with Crippen molar-refractivity contribution < 1.29 is 40.7 Å². The van der Waals surface area contributed by atoms with E-state index in [4.69, 9.17) is 4.74 Å². The van der Waals surface area contributed by atoms with Gasteiger partial charge in [-0.3, -0.25) is 9.59 Å². The van der Waals surface area contributed by atoms with Crippen molar-refractivity contribution in [2.75, 3.05) is 32.8 Å². The number of halogens is 3. The Morgan fingerprint density at radius 1 is 1.09 bits per heavy atom. The summed E-state index contributed by atoms with van der Waals surface area (Å²) < 4.78 is 73.2. The third-order valence-electron chi connectivity index (χ3n) is 5.83. The zero-order chi connectivity index (χ0) is 24.2. The minimum absolute atomic E-state index is 0.0677. The summed E-state index contributed by atoms with van der Waals surface area (Å²) in [7, 11) is -4.04. The predicted molar refractivity (Wildman–Crippen MR) is 111 cm³/mol. The maximum absolute atomic E-state index is 13.0. The van der Waals surface area contributed by atoms with E-state index in [1.54, 1.807) is 11.8 Å². The van der Waals surface area contributed by atoms with Crippen LogP contribution in [0.2, 0.25) is 0 Å². The van der Waals surface area contributed by atoms with Crippen LogP contribution in [0, 0.1) is 11.8 Å². The molecular weight excluding hydrogens is 465 g/mol. The van der Waals surface area contributed by atoms with E-state index in [0.717, 1.165) is 12.1 Å². The Balaban J connectivity index is 1.60. The number of ether oxygens (including phenoxy) is 2. The molecule has 0 spiro atoms. The molecule has 2 heterocycles. The third-order valence-corrected chi connectivity index (χ3v) is 7.73. The first-order valence-corrected chi connectivity index (χ1v) is 12.3. The highest BCUT2D eigenvalue weighted by Gasteiger charge is 2.37. The zero-order valence-electron chi connectivity index (χ0n) is 18.2. The van der Waals surface area contributed by atoms with Gasteiger partial charge >= 0.3 is 12.3 Å². The van der Waals surface area contributed by atoms with Gasteiger partial charge in [0.05, 0.1) is 17.4 Å². The van der Waals surface area contributed by atoms with Gasteiger partial charge in [-0.05, 0) is 44.7 Å². The predicted octanol–water partition coefficient (Wildman–Crippen LogP) is 2.79. The van der Waals surface area contributed by atoms with E-state index in [9.17, 15) is 31.2 Å². The highest BCUT2D eigenvalue weighted by atomic mass is 32.2. The molecule has 2 aliphatic heterocycles. The van der Waals surface area contributed by atoms with Crippen LogP contribution in [-0.4, -0.2) is 68.6 Å². The number of sulfonamides is 1. The Morgan fingerprint density at radius 2 is 1.79 bits per heavy atom. The molecule has 2 fully saturated rings. The normalized spacial score (nSPS) is 21.0. The third kappa shape index (κ3) is 6.38. The maximum Gasteiger partial charge on any atom is 0.573 e. The molecule has 2 aliphatic rings. The molecule has 0 aliphatic carbocycles. The van der Waals surface area contributed by atoms with Crippen LogP contribution in [0.3, 0.4) is 0 Å². The van der Waals surface area contributed by atoms with Crippen LogP contribution < -0.4 is 4.74 Å². The molecule has 0 radical (unpaired) electrons. The summed E-state index contributed by atoms with van der Waals surface area (Å²) in [5.41, 5.74) is 0. The minimum atomic E-state index is -4.93. The molecule has 1 aromatic carbocycles. The van der Waals surface area contributed by atoms with Crippen LogP contribution in [0.4, 0.5) is 13.2 Å². The molecule has 3 rings (SSSR count). The van der Waals surface area contributed by atoms with Crippen LogP contribution in [0.15, 0.2) is 29.2 Å². The van der Waals surface area contributed by atoms with Crippen molar-refractivity contribution in [1.82, 2.24) is 9.21 Å². The van der Waals surface area contributed by atoms with E-state index in [2.05, 4.69) is 4.74 Å². The average molecular weight is 493 g/mol. The molecule has 33 heavy (non-hydrogen) atoms. The molecule has 12 heteroatoms. The highest BCUT2D eigenvalue weighted by Crippen LogP contribution is 2.30. The van der Waals surface area contributed by atoms with Crippen LogP contribution in [0.25, 0.3) is 0 Å². The van der Waals surface area contributed by atoms with Gasteiger partial charge in [0.2, 0.25) is 15.9 Å². The van der Waals surface area contributed by atoms with Crippen LogP contribution in [0.1, 0.15) is 32.6 Å². The minimum Gasteiger partial charge on any atom is -0.466 e. The molecule has 0 bridgehead atoms. The second-order valence-electron chi connectivity index (χ2n) is 8.08. The Morgan fingerprint density at radius 3 is 2.42 bits per heavy atom. The number of piperidine rings is 2. The molecule has 1 unspecified atom stereocenters. The summed E-state index contributed by atoms with van der Waals surface area (Å²) in [6, 6.07) is 4.25. The Hall–Kier alpha value is -2.34. The topological polar surface area (TPSA) is 93.2 Å². The molecule has 2 saturated heterocycles. The lowest BCUT2D eigenvalue weighted by atomic mass is 9.93. The number of alkyl halides is 3. The first-order valence-electron chi connectivity index (χ1n) is 10.8. The highest BCUT2D eigenvalue weighted by molar-refractivity contribution is 7.89. The van der Waals surface area contributed by atoms with Gasteiger partial charge < -0.3 is 14.4 Å². The molecule has 0 aromatic heterocycles. The van der Waals surface area contributed by atoms with Crippen molar-refractivity contribution in [2.45, 2.75) is 43.9 Å². The molecule has 0 N–H and O–H groups in total. The molecule has 0 saturated carbocycles. The van der Waals surface area contributed by atoms with Crippen molar-refractivity contribution in [3.8, 4) is 5.75 Å². The van der Waals surface area contributed by atoms with Gasteiger partial charge in [0.15, 0.2) is 0 Å². The average Bonchev–Trinajstić information content (AvgIpc) is 2.78. The number of carbonyl (C=O) groups excluding carboxylic acids is 2. The monoisotopic (exact) mass is 492 g/mol. The summed E-state index contributed by atoms with van der Waals surface area (Å²) in [6.07, 6.45) is -2.99. The first-order chi connectivity index (χ1) is 15.5. The lowest BCUT2D eigenvalue weighted by Gasteiger charge is -2.36. The van der Waals surface area contributed by atoms with Gasteiger partial charge in [-0.25, -0.2) is 8.42 Å². The van der Waals surface area contributed by atoms with Crippen molar-refractivity contribution in [1.29, 1.82) is 0 Å². The fourth-order valence-electron chi connectivity index (χ4n) is 4.21. The summed E-state index contributed by atoms with van der Waals surface area (Å²) in [5, 5.41) is 0.